The molecule has 7 rings (SSSR count). The summed E-state index contributed by atoms with van der Waals surface area (Å²) in [5, 5.41) is 0. The van der Waals surface area contributed by atoms with Crippen LogP contribution in [-0.2, 0) is 5.41 Å². The van der Waals surface area contributed by atoms with Crippen molar-refractivity contribution in [1.29, 1.82) is 0 Å². The molecule has 0 spiro atoms. The lowest BCUT2D eigenvalue weighted by Gasteiger charge is -2.41. The van der Waals surface area contributed by atoms with E-state index < -0.39 is 4.45 Å². The molecule has 0 fully saturated rings. The van der Waals surface area contributed by atoms with E-state index in [0.29, 0.717) is 0 Å². The summed E-state index contributed by atoms with van der Waals surface area (Å²) in [5.41, 5.74) is 12.7. The van der Waals surface area contributed by atoms with Crippen LogP contribution in [0.5, 0.6) is 0 Å². The van der Waals surface area contributed by atoms with Crippen molar-refractivity contribution in [3.05, 3.63) is 162 Å². The number of rotatable bonds is 5. The number of anilines is 2. The average molecular weight is 595 g/mol. The number of nitrogens with zero attached hydrogens (tertiary/aromatic N) is 1. The Morgan fingerprint density at radius 3 is 1.85 bits per heavy atom. The first-order valence-corrected chi connectivity index (χ1v) is 15.1. The van der Waals surface area contributed by atoms with Gasteiger partial charge in [-0.2, -0.15) is 0 Å². The zero-order chi connectivity index (χ0) is 28.0. The molecule has 2 aliphatic rings. The summed E-state index contributed by atoms with van der Waals surface area (Å²) in [4.78, 5) is 2.45. The monoisotopic (exact) mass is 593 g/mol. The predicted molar refractivity (Wildman–Crippen MR) is 178 cm³/mol. The highest BCUT2D eigenvalue weighted by molar-refractivity contribution is 9.10. The molecule has 2 heteroatoms. The molecule has 41 heavy (non-hydrogen) atoms. The Hall–Kier alpha value is -4.14. The molecule has 0 saturated carbocycles. The molecule has 2 aliphatic carbocycles. The Labute approximate surface area is 251 Å². The van der Waals surface area contributed by atoms with E-state index in [2.05, 4.69) is 180 Å². The highest BCUT2D eigenvalue weighted by atomic mass is 79.9. The smallest absolute Gasteiger partial charge is 0.122 e. The fourth-order valence-corrected chi connectivity index (χ4v) is 7.16. The second-order valence-corrected chi connectivity index (χ2v) is 12.9. The van der Waals surface area contributed by atoms with Gasteiger partial charge in [0, 0.05) is 23.2 Å². The minimum absolute atomic E-state index is 0.0625. The molecule has 0 aliphatic heterocycles. The number of benzene rings is 5. The Morgan fingerprint density at radius 2 is 1.17 bits per heavy atom. The van der Waals surface area contributed by atoms with Gasteiger partial charge in [0.05, 0.1) is 0 Å². The van der Waals surface area contributed by atoms with Gasteiger partial charge in [0.25, 0.3) is 0 Å². The third kappa shape index (κ3) is 4.47. The van der Waals surface area contributed by atoms with Crippen molar-refractivity contribution >= 4 is 32.9 Å². The number of halogens is 1. The lowest BCUT2D eigenvalue weighted by Crippen LogP contribution is -2.39. The summed E-state index contributed by atoms with van der Waals surface area (Å²) in [6, 6.07) is 46.0. The van der Waals surface area contributed by atoms with E-state index in [-0.39, 0.29) is 5.41 Å². The van der Waals surface area contributed by atoms with Crippen molar-refractivity contribution in [3.8, 4) is 22.3 Å². The number of allylic oxidation sites excluding steroid dienone is 2. The van der Waals surface area contributed by atoms with E-state index in [1.807, 2.05) is 0 Å². The fraction of sp³-hybridized carbons (Fsp3) is 0.128. The van der Waals surface area contributed by atoms with Crippen molar-refractivity contribution in [2.45, 2.75) is 30.1 Å². The largest absolute Gasteiger partial charge is 0.322 e. The van der Waals surface area contributed by atoms with Gasteiger partial charge in [-0.1, -0.05) is 145 Å². The maximum atomic E-state index is 4.23. The lowest BCUT2D eigenvalue weighted by molar-refractivity contribution is 0.659. The van der Waals surface area contributed by atoms with Crippen LogP contribution in [-0.4, -0.2) is 4.45 Å². The van der Waals surface area contributed by atoms with Gasteiger partial charge in [-0.25, -0.2) is 0 Å². The van der Waals surface area contributed by atoms with E-state index >= 15 is 0 Å². The molecule has 1 unspecified atom stereocenters. The number of fused-ring (bicyclic) bond motifs is 3. The summed E-state index contributed by atoms with van der Waals surface area (Å²) >= 11 is 4.23. The first-order valence-electron chi connectivity index (χ1n) is 14.3. The van der Waals surface area contributed by atoms with E-state index in [1.165, 1.54) is 50.2 Å². The van der Waals surface area contributed by atoms with Crippen molar-refractivity contribution in [3.63, 3.8) is 0 Å². The van der Waals surface area contributed by atoms with Gasteiger partial charge in [0.15, 0.2) is 0 Å². The summed E-state index contributed by atoms with van der Waals surface area (Å²) < 4.78 is -0.413. The van der Waals surface area contributed by atoms with Crippen LogP contribution < -0.4 is 4.90 Å². The Balaban J connectivity index is 1.33. The van der Waals surface area contributed by atoms with Crippen molar-refractivity contribution in [2.75, 3.05) is 4.90 Å². The molecule has 1 atom stereocenters. The van der Waals surface area contributed by atoms with Crippen LogP contribution in [0.3, 0.4) is 0 Å². The maximum absolute atomic E-state index is 4.23. The zero-order valence-electron chi connectivity index (χ0n) is 23.4. The van der Waals surface area contributed by atoms with Crippen LogP contribution in [0.2, 0.25) is 0 Å². The van der Waals surface area contributed by atoms with Crippen LogP contribution in [0, 0.1) is 0 Å². The quantitative estimate of drug-likeness (QED) is 0.145. The normalized spacial score (nSPS) is 18.4. The van der Waals surface area contributed by atoms with E-state index in [4.69, 9.17) is 0 Å². The van der Waals surface area contributed by atoms with E-state index in [9.17, 15) is 0 Å². The topological polar surface area (TPSA) is 3.24 Å². The summed E-state index contributed by atoms with van der Waals surface area (Å²) in [5.74, 6) is 0. The molecule has 0 bridgehead atoms. The first kappa shape index (κ1) is 25.8. The highest BCUT2D eigenvalue weighted by Crippen LogP contribution is 2.51. The molecule has 0 saturated heterocycles. The van der Waals surface area contributed by atoms with E-state index in [0.717, 1.165) is 12.1 Å². The molecular formula is C39H32BrN. The molecule has 0 heterocycles. The Kier molecular flexibility index (Phi) is 6.32. The summed E-state index contributed by atoms with van der Waals surface area (Å²) in [7, 11) is 0. The first-order chi connectivity index (χ1) is 19.9. The molecule has 0 aromatic heterocycles. The number of alkyl halides is 1. The predicted octanol–water partition coefficient (Wildman–Crippen LogP) is 10.9. The standard InChI is InChI=1S/C39H32BrN/c1-38(2)36-16-10-9-15-34(36)35-22-21-33(27-37(35)38)41(32-19-17-30(18-20-32)28-11-5-3-6-12-28)39(40)25-23-31(24-26-39)29-13-7-4-8-14-29/h3-25,27H,26H2,1-2H3. The zero-order valence-corrected chi connectivity index (χ0v) is 25.0. The van der Waals surface area contributed by atoms with Gasteiger partial charge in [0.2, 0.25) is 0 Å². The van der Waals surface area contributed by atoms with Gasteiger partial charge in [-0.15, -0.1) is 0 Å². The highest BCUT2D eigenvalue weighted by Gasteiger charge is 2.38. The second-order valence-electron chi connectivity index (χ2n) is 11.5. The third-order valence-electron chi connectivity index (χ3n) is 8.66. The Bertz CT molecular complexity index is 1780. The molecule has 1 nitrogen and oxygen atoms in total. The molecule has 0 N–H and O–H groups in total. The second kappa shape index (κ2) is 10.0. The van der Waals surface area contributed by atoms with E-state index in [1.54, 1.807) is 0 Å². The third-order valence-corrected chi connectivity index (χ3v) is 9.61. The average Bonchev–Trinajstić information content (AvgIpc) is 3.25. The van der Waals surface area contributed by atoms with Gasteiger partial charge in [-0.05, 0) is 74.9 Å². The molecule has 0 amide bonds. The Morgan fingerprint density at radius 1 is 0.585 bits per heavy atom. The van der Waals surface area contributed by atoms with Crippen molar-refractivity contribution < 1.29 is 0 Å². The summed E-state index contributed by atoms with van der Waals surface area (Å²) in [6.07, 6.45) is 7.75. The van der Waals surface area contributed by atoms with Crippen molar-refractivity contribution in [2.24, 2.45) is 0 Å². The van der Waals surface area contributed by atoms with Gasteiger partial charge in [0.1, 0.15) is 4.45 Å². The van der Waals surface area contributed by atoms with Crippen LogP contribution in [0.1, 0.15) is 37.0 Å². The minimum atomic E-state index is -0.413. The lowest BCUT2D eigenvalue weighted by atomic mass is 9.82. The van der Waals surface area contributed by atoms with Gasteiger partial charge in [-0.3, -0.25) is 0 Å². The van der Waals surface area contributed by atoms with Gasteiger partial charge < -0.3 is 4.90 Å². The van der Waals surface area contributed by atoms with Crippen molar-refractivity contribution in [1.82, 2.24) is 0 Å². The molecule has 5 aromatic carbocycles. The van der Waals surface area contributed by atoms with Crippen LogP contribution >= 0.6 is 15.9 Å². The summed E-state index contributed by atoms with van der Waals surface area (Å²) in [6.45, 7) is 4.69. The van der Waals surface area contributed by atoms with Crippen LogP contribution in [0.25, 0.3) is 27.8 Å². The maximum Gasteiger partial charge on any atom is 0.122 e. The minimum Gasteiger partial charge on any atom is -0.322 e. The number of hydrogen-bond acceptors (Lipinski definition) is 1. The number of hydrogen-bond donors (Lipinski definition) is 0. The van der Waals surface area contributed by atoms with Crippen LogP contribution in [0.15, 0.2) is 146 Å². The molecule has 200 valence electrons. The van der Waals surface area contributed by atoms with Crippen LogP contribution in [0.4, 0.5) is 11.4 Å². The molecular weight excluding hydrogens is 562 g/mol. The molecule has 0 radical (unpaired) electrons. The fourth-order valence-electron chi connectivity index (χ4n) is 6.46. The SMILES string of the molecule is CC1(C)c2ccccc2-c2ccc(N(c3ccc(-c4ccccc4)cc3)C3(Br)C=CC(c4ccccc4)=CC3)cc21. The van der Waals surface area contributed by atoms with Gasteiger partial charge >= 0.3 is 0 Å². The molecule has 5 aromatic rings.